The number of carbonyl (C=O) groups is 2. The van der Waals surface area contributed by atoms with E-state index in [-0.39, 0.29) is 5.97 Å². The molecule has 1 fully saturated rings. The zero-order valence-corrected chi connectivity index (χ0v) is 18.1. The fourth-order valence-electron chi connectivity index (χ4n) is 4.09. The molecule has 0 aliphatic heterocycles. The molecule has 0 aromatic heterocycles. The molecule has 0 spiro atoms. The lowest BCUT2D eigenvalue weighted by Crippen LogP contribution is -2.38. The third kappa shape index (κ3) is 10.2. The predicted octanol–water partition coefficient (Wildman–Crippen LogP) is 6.37. The summed E-state index contributed by atoms with van der Waals surface area (Å²) < 4.78 is 5.74. The molecular weight excluding hydrogens is 340 g/mol. The second-order valence-corrected chi connectivity index (χ2v) is 9.42. The lowest BCUT2D eigenvalue weighted by Gasteiger charge is -2.32. The van der Waals surface area contributed by atoms with Crippen molar-refractivity contribution in [1.82, 2.24) is 0 Å². The fourth-order valence-corrected chi connectivity index (χ4v) is 4.09. The van der Waals surface area contributed by atoms with E-state index in [1.54, 1.807) is 0 Å². The van der Waals surface area contributed by atoms with Crippen LogP contribution in [0.15, 0.2) is 0 Å². The summed E-state index contributed by atoms with van der Waals surface area (Å²) in [5, 5.41) is 9.35. The summed E-state index contributed by atoms with van der Waals surface area (Å²) in [6, 6.07) is 0. The van der Waals surface area contributed by atoms with Gasteiger partial charge in [0.15, 0.2) is 0 Å². The minimum absolute atomic E-state index is 0.308. The molecule has 4 heteroatoms. The SMILES string of the molecule is CC(C)CCCCCCCCCC(C)(C)OC(=O)C1CCCCC1C(=O)O. The zero-order valence-electron chi connectivity index (χ0n) is 18.1. The van der Waals surface area contributed by atoms with Gasteiger partial charge in [-0.3, -0.25) is 9.59 Å². The Kier molecular flexibility index (Phi) is 11.0. The van der Waals surface area contributed by atoms with Crippen LogP contribution in [0.1, 0.15) is 111 Å². The summed E-state index contributed by atoms with van der Waals surface area (Å²) in [7, 11) is 0. The minimum atomic E-state index is -0.858. The molecule has 0 amide bonds. The summed E-state index contributed by atoms with van der Waals surface area (Å²) >= 11 is 0. The molecule has 0 heterocycles. The molecule has 27 heavy (non-hydrogen) atoms. The van der Waals surface area contributed by atoms with Crippen LogP contribution in [0, 0.1) is 17.8 Å². The molecule has 1 aliphatic rings. The lowest BCUT2D eigenvalue weighted by molar-refractivity contribution is -0.170. The monoisotopic (exact) mass is 382 g/mol. The van der Waals surface area contributed by atoms with E-state index in [1.165, 1.54) is 44.9 Å². The average molecular weight is 383 g/mol. The van der Waals surface area contributed by atoms with Gasteiger partial charge in [-0.2, -0.15) is 0 Å². The molecule has 4 nitrogen and oxygen atoms in total. The van der Waals surface area contributed by atoms with Gasteiger partial charge in [0.1, 0.15) is 5.60 Å². The molecule has 0 aromatic carbocycles. The normalized spacial score (nSPS) is 20.6. The van der Waals surface area contributed by atoms with Gasteiger partial charge in [0.25, 0.3) is 0 Å². The van der Waals surface area contributed by atoms with Crippen molar-refractivity contribution in [2.45, 2.75) is 117 Å². The summed E-state index contributed by atoms with van der Waals surface area (Å²) in [6.45, 7) is 8.47. The summed E-state index contributed by atoms with van der Waals surface area (Å²) in [5.74, 6) is -1.39. The van der Waals surface area contributed by atoms with E-state index >= 15 is 0 Å². The number of esters is 1. The van der Waals surface area contributed by atoms with Crippen LogP contribution < -0.4 is 0 Å². The summed E-state index contributed by atoms with van der Waals surface area (Å²) in [5.41, 5.74) is -0.505. The number of unbranched alkanes of at least 4 members (excludes halogenated alkanes) is 6. The van der Waals surface area contributed by atoms with Gasteiger partial charge in [0.2, 0.25) is 0 Å². The van der Waals surface area contributed by atoms with Gasteiger partial charge in [-0.05, 0) is 45.4 Å². The van der Waals surface area contributed by atoms with Crippen LogP contribution in [0.5, 0.6) is 0 Å². The summed E-state index contributed by atoms with van der Waals surface area (Å²) in [4.78, 5) is 23.9. The van der Waals surface area contributed by atoms with E-state index in [0.717, 1.165) is 31.6 Å². The number of carboxylic acid groups (broad SMARTS) is 1. The standard InChI is InChI=1S/C23H42O4/c1-18(2)14-10-8-6-5-7-9-13-17-23(3,4)27-22(26)20-16-12-11-15-19(20)21(24)25/h18-20H,5-17H2,1-4H3,(H,24,25). The molecule has 2 unspecified atom stereocenters. The number of carbonyl (C=O) groups excluding carboxylic acids is 1. The molecule has 158 valence electrons. The van der Waals surface area contributed by atoms with Crippen LogP contribution in [0.25, 0.3) is 0 Å². The van der Waals surface area contributed by atoms with Gasteiger partial charge < -0.3 is 9.84 Å². The van der Waals surface area contributed by atoms with Crippen LogP contribution in [-0.2, 0) is 14.3 Å². The molecular formula is C23H42O4. The van der Waals surface area contributed by atoms with Gasteiger partial charge in [-0.25, -0.2) is 0 Å². The van der Waals surface area contributed by atoms with Crippen molar-refractivity contribution in [3.05, 3.63) is 0 Å². The predicted molar refractivity (Wildman–Crippen MR) is 110 cm³/mol. The van der Waals surface area contributed by atoms with Crippen LogP contribution in [0.4, 0.5) is 0 Å². The molecule has 1 aliphatic carbocycles. The molecule has 1 rings (SSSR count). The first-order chi connectivity index (χ1) is 12.7. The highest BCUT2D eigenvalue weighted by Crippen LogP contribution is 2.33. The topological polar surface area (TPSA) is 63.6 Å². The molecule has 2 atom stereocenters. The Hall–Kier alpha value is -1.06. The van der Waals surface area contributed by atoms with Crippen molar-refractivity contribution in [2.75, 3.05) is 0 Å². The first kappa shape index (κ1) is 24.0. The lowest BCUT2D eigenvalue weighted by atomic mass is 9.79. The van der Waals surface area contributed by atoms with Gasteiger partial charge in [-0.15, -0.1) is 0 Å². The Bertz CT molecular complexity index is 442. The Morgan fingerprint density at radius 1 is 0.926 bits per heavy atom. The van der Waals surface area contributed by atoms with Crippen molar-refractivity contribution < 1.29 is 19.4 Å². The van der Waals surface area contributed by atoms with E-state index in [1.807, 2.05) is 13.8 Å². The van der Waals surface area contributed by atoms with Crippen molar-refractivity contribution in [2.24, 2.45) is 17.8 Å². The Morgan fingerprint density at radius 2 is 1.44 bits per heavy atom. The Labute approximate surface area is 166 Å². The van der Waals surface area contributed by atoms with E-state index in [4.69, 9.17) is 4.74 Å². The highest BCUT2D eigenvalue weighted by molar-refractivity contribution is 5.81. The minimum Gasteiger partial charge on any atom is -0.481 e. The molecule has 0 saturated heterocycles. The quantitative estimate of drug-likeness (QED) is 0.297. The molecule has 0 radical (unpaired) electrons. The molecule has 1 N–H and O–H groups in total. The highest BCUT2D eigenvalue weighted by atomic mass is 16.6. The van der Waals surface area contributed by atoms with E-state index < -0.39 is 23.4 Å². The molecule has 0 aromatic rings. The first-order valence-electron chi connectivity index (χ1n) is 11.2. The van der Waals surface area contributed by atoms with Gasteiger partial charge in [0.05, 0.1) is 11.8 Å². The van der Waals surface area contributed by atoms with Crippen LogP contribution in [-0.4, -0.2) is 22.6 Å². The Balaban J connectivity index is 2.21. The number of rotatable bonds is 13. The second kappa shape index (κ2) is 12.4. The average Bonchev–Trinajstić information content (AvgIpc) is 2.59. The van der Waals surface area contributed by atoms with Crippen molar-refractivity contribution >= 4 is 11.9 Å². The maximum absolute atomic E-state index is 12.5. The third-order valence-electron chi connectivity index (χ3n) is 5.82. The number of carboxylic acids is 1. The maximum Gasteiger partial charge on any atom is 0.310 e. The number of hydrogen-bond donors (Lipinski definition) is 1. The smallest absolute Gasteiger partial charge is 0.310 e. The van der Waals surface area contributed by atoms with Crippen LogP contribution >= 0.6 is 0 Å². The zero-order chi connectivity index (χ0) is 20.3. The third-order valence-corrected chi connectivity index (χ3v) is 5.82. The van der Waals surface area contributed by atoms with E-state index in [2.05, 4.69) is 13.8 Å². The van der Waals surface area contributed by atoms with Crippen LogP contribution in [0.3, 0.4) is 0 Å². The number of hydrogen-bond acceptors (Lipinski definition) is 3. The van der Waals surface area contributed by atoms with Gasteiger partial charge in [0, 0.05) is 0 Å². The van der Waals surface area contributed by atoms with Crippen molar-refractivity contribution in [3.63, 3.8) is 0 Å². The van der Waals surface area contributed by atoms with Crippen LogP contribution in [0.2, 0.25) is 0 Å². The maximum atomic E-state index is 12.5. The Morgan fingerprint density at radius 3 is 2.00 bits per heavy atom. The largest absolute Gasteiger partial charge is 0.481 e. The van der Waals surface area contributed by atoms with Gasteiger partial charge >= 0.3 is 11.9 Å². The number of ether oxygens (including phenoxy) is 1. The van der Waals surface area contributed by atoms with Crippen molar-refractivity contribution in [1.29, 1.82) is 0 Å². The second-order valence-electron chi connectivity index (χ2n) is 9.42. The number of aliphatic carboxylic acids is 1. The van der Waals surface area contributed by atoms with Crippen molar-refractivity contribution in [3.8, 4) is 0 Å². The highest BCUT2D eigenvalue weighted by Gasteiger charge is 2.38. The molecule has 1 saturated carbocycles. The molecule has 0 bridgehead atoms. The fraction of sp³-hybridized carbons (Fsp3) is 0.913. The van der Waals surface area contributed by atoms with E-state index in [0.29, 0.717) is 12.8 Å². The first-order valence-corrected chi connectivity index (χ1v) is 11.2. The van der Waals surface area contributed by atoms with Gasteiger partial charge in [-0.1, -0.05) is 71.6 Å². The van der Waals surface area contributed by atoms with E-state index in [9.17, 15) is 14.7 Å². The summed E-state index contributed by atoms with van der Waals surface area (Å²) in [6.07, 6.45) is 14.0.